The lowest BCUT2D eigenvalue weighted by molar-refractivity contribution is -0.120. The Kier molecular flexibility index (Phi) is 9.62. The Balaban J connectivity index is 1.39. The summed E-state index contributed by atoms with van der Waals surface area (Å²) in [6.45, 7) is 5.76. The molecule has 3 aromatic rings. The van der Waals surface area contributed by atoms with Gasteiger partial charge in [0.2, 0.25) is 0 Å². The smallest absolute Gasteiger partial charge is 0.407 e. The third-order valence-corrected chi connectivity index (χ3v) is 6.96. The maximum atomic E-state index is 13.3. The van der Waals surface area contributed by atoms with Crippen molar-refractivity contribution in [2.45, 2.75) is 57.6 Å². The lowest BCUT2D eigenvalue weighted by Gasteiger charge is -2.20. The molecular weight excluding hydrogens is 534 g/mol. The van der Waals surface area contributed by atoms with Crippen molar-refractivity contribution in [2.24, 2.45) is 5.73 Å². The largest absolute Gasteiger partial charge is 0.456 e. The van der Waals surface area contributed by atoms with Crippen LogP contribution in [0.15, 0.2) is 72.8 Å². The van der Waals surface area contributed by atoms with Gasteiger partial charge in [-0.2, -0.15) is 0 Å². The molecule has 0 spiro atoms. The van der Waals surface area contributed by atoms with Gasteiger partial charge >= 0.3 is 18.1 Å². The number of hydrogen-bond donors (Lipinski definition) is 3. The standard InChI is InChI=1S/C33H37N3O6/c1-33(2,3)42-30(38)22-16-14-21(15-17-22)19-29(37)28(13-8-18-35-31(34)39)36-32(40)41-20-27-25-11-6-4-9-23(25)24-10-5-7-12-26(24)27/h4-7,9-12,14-17,27-28H,8,13,18-20H2,1-3H3,(H,36,40)(H3,34,35,39)/t28-/m0/s1. The maximum absolute atomic E-state index is 13.3. The first-order chi connectivity index (χ1) is 20.0. The summed E-state index contributed by atoms with van der Waals surface area (Å²) in [6, 6.07) is 21.2. The Morgan fingerprint density at radius 2 is 1.48 bits per heavy atom. The Morgan fingerprint density at radius 1 is 0.881 bits per heavy atom. The van der Waals surface area contributed by atoms with Crippen LogP contribution >= 0.6 is 0 Å². The molecule has 0 unspecified atom stereocenters. The highest BCUT2D eigenvalue weighted by molar-refractivity contribution is 5.91. The van der Waals surface area contributed by atoms with Crippen molar-refractivity contribution in [3.8, 4) is 11.1 Å². The second kappa shape index (κ2) is 13.3. The van der Waals surface area contributed by atoms with E-state index in [9.17, 15) is 19.2 Å². The Labute approximate surface area is 245 Å². The summed E-state index contributed by atoms with van der Waals surface area (Å²) in [5, 5.41) is 5.22. The summed E-state index contributed by atoms with van der Waals surface area (Å²) in [5.74, 6) is -0.787. The first kappa shape index (κ1) is 30.3. The van der Waals surface area contributed by atoms with E-state index in [0.29, 0.717) is 17.5 Å². The van der Waals surface area contributed by atoms with Gasteiger partial charge in [-0.15, -0.1) is 0 Å². The van der Waals surface area contributed by atoms with Crippen LogP contribution in [0.2, 0.25) is 0 Å². The second-order valence-electron chi connectivity index (χ2n) is 11.3. The predicted octanol–water partition coefficient (Wildman–Crippen LogP) is 5.11. The molecule has 0 saturated heterocycles. The molecule has 0 fully saturated rings. The van der Waals surface area contributed by atoms with Gasteiger partial charge in [-0.25, -0.2) is 14.4 Å². The molecule has 0 heterocycles. The zero-order valence-electron chi connectivity index (χ0n) is 24.1. The number of ether oxygens (including phenoxy) is 2. The van der Waals surface area contributed by atoms with Crippen molar-refractivity contribution >= 4 is 23.9 Å². The van der Waals surface area contributed by atoms with Gasteiger partial charge in [0.25, 0.3) is 0 Å². The van der Waals surface area contributed by atoms with Crippen LogP contribution in [-0.2, 0) is 20.7 Å². The third-order valence-electron chi connectivity index (χ3n) is 6.96. The molecule has 0 saturated carbocycles. The number of alkyl carbamates (subject to hydrolysis) is 1. The average molecular weight is 572 g/mol. The van der Waals surface area contributed by atoms with E-state index in [4.69, 9.17) is 15.2 Å². The fourth-order valence-electron chi connectivity index (χ4n) is 5.03. The van der Waals surface area contributed by atoms with Crippen LogP contribution in [0.5, 0.6) is 0 Å². The highest BCUT2D eigenvalue weighted by Gasteiger charge is 2.30. The minimum absolute atomic E-state index is 0.0339. The van der Waals surface area contributed by atoms with Crippen molar-refractivity contribution in [1.82, 2.24) is 10.6 Å². The molecule has 0 radical (unpaired) electrons. The van der Waals surface area contributed by atoms with E-state index in [2.05, 4.69) is 22.8 Å². The molecular formula is C33H37N3O6. The number of rotatable bonds is 11. The molecule has 3 amide bonds. The van der Waals surface area contributed by atoms with Crippen LogP contribution in [0.25, 0.3) is 11.1 Å². The molecule has 220 valence electrons. The first-order valence-electron chi connectivity index (χ1n) is 14.0. The van der Waals surface area contributed by atoms with Crippen molar-refractivity contribution in [2.75, 3.05) is 13.2 Å². The van der Waals surface area contributed by atoms with Gasteiger partial charge in [-0.1, -0.05) is 60.7 Å². The number of Topliss-reactive ketones (excluding diaryl/α,β-unsaturated/α-hetero) is 1. The summed E-state index contributed by atoms with van der Waals surface area (Å²) in [4.78, 5) is 49.6. The van der Waals surface area contributed by atoms with Gasteiger partial charge in [0.1, 0.15) is 12.2 Å². The summed E-state index contributed by atoms with van der Waals surface area (Å²) in [5.41, 5.74) is 10.0. The number of nitrogens with two attached hydrogens (primary N) is 1. The number of ketones is 1. The molecule has 9 heteroatoms. The fraction of sp³-hybridized carbons (Fsp3) is 0.333. The van der Waals surface area contributed by atoms with Gasteiger partial charge in [-0.05, 0) is 73.6 Å². The van der Waals surface area contributed by atoms with E-state index >= 15 is 0 Å². The Morgan fingerprint density at radius 3 is 2.05 bits per heavy atom. The molecule has 4 N–H and O–H groups in total. The van der Waals surface area contributed by atoms with E-state index in [-0.39, 0.29) is 37.7 Å². The van der Waals surface area contributed by atoms with E-state index in [1.54, 1.807) is 45.0 Å². The minimum atomic E-state index is -0.846. The van der Waals surface area contributed by atoms with E-state index in [0.717, 1.165) is 22.3 Å². The number of urea groups is 1. The lowest BCUT2D eigenvalue weighted by atomic mass is 9.98. The van der Waals surface area contributed by atoms with Crippen molar-refractivity contribution < 1.29 is 28.7 Å². The van der Waals surface area contributed by atoms with E-state index in [1.165, 1.54) is 0 Å². The molecule has 4 rings (SSSR count). The summed E-state index contributed by atoms with van der Waals surface area (Å²) in [6.07, 6.45) is 0.0323. The first-order valence-corrected chi connectivity index (χ1v) is 14.0. The Bertz CT molecular complexity index is 1400. The highest BCUT2D eigenvalue weighted by Crippen LogP contribution is 2.44. The normalized spacial score (nSPS) is 12.9. The molecule has 1 atom stereocenters. The average Bonchev–Trinajstić information content (AvgIpc) is 3.26. The van der Waals surface area contributed by atoms with Crippen molar-refractivity contribution in [3.63, 3.8) is 0 Å². The monoisotopic (exact) mass is 571 g/mol. The second-order valence-corrected chi connectivity index (χ2v) is 11.3. The van der Waals surface area contributed by atoms with Crippen molar-refractivity contribution in [1.29, 1.82) is 0 Å². The number of esters is 1. The third kappa shape index (κ3) is 7.96. The van der Waals surface area contributed by atoms with Crippen LogP contribution in [-0.4, -0.2) is 48.7 Å². The quantitative estimate of drug-likeness (QED) is 0.216. The fourth-order valence-corrected chi connectivity index (χ4v) is 5.03. The van der Waals surface area contributed by atoms with Crippen molar-refractivity contribution in [3.05, 3.63) is 95.1 Å². The lowest BCUT2D eigenvalue weighted by Crippen LogP contribution is -2.43. The van der Waals surface area contributed by atoms with Gasteiger partial charge in [0.15, 0.2) is 5.78 Å². The number of hydrogen-bond acceptors (Lipinski definition) is 6. The maximum Gasteiger partial charge on any atom is 0.407 e. The predicted molar refractivity (Wildman–Crippen MR) is 159 cm³/mol. The van der Waals surface area contributed by atoms with E-state index in [1.807, 2.05) is 36.4 Å². The van der Waals surface area contributed by atoms with Crippen LogP contribution < -0.4 is 16.4 Å². The number of fused-ring (bicyclic) bond motifs is 3. The van der Waals surface area contributed by atoms with Gasteiger partial charge in [0, 0.05) is 18.9 Å². The zero-order valence-corrected chi connectivity index (χ0v) is 24.1. The number of benzene rings is 3. The van der Waals surface area contributed by atoms with Crippen LogP contribution in [0.4, 0.5) is 9.59 Å². The molecule has 0 aliphatic heterocycles. The van der Waals surface area contributed by atoms with Crippen LogP contribution in [0.1, 0.15) is 66.6 Å². The van der Waals surface area contributed by atoms with Gasteiger partial charge < -0.3 is 25.8 Å². The topological polar surface area (TPSA) is 137 Å². The van der Waals surface area contributed by atoms with Crippen LogP contribution in [0, 0.1) is 0 Å². The molecule has 9 nitrogen and oxygen atoms in total. The number of carbonyl (C=O) groups excluding carboxylic acids is 4. The molecule has 42 heavy (non-hydrogen) atoms. The number of amides is 3. The molecule has 1 aliphatic carbocycles. The number of carbonyl (C=O) groups is 4. The summed E-state index contributed by atoms with van der Waals surface area (Å²) < 4.78 is 11.0. The van der Waals surface area contributed by atoms with E-state index < -0.39 is 29.7 Å². The summed E-state index contributed by atoms with van der Waals surface area (Å²) >= 11 is 0. The molecule has 0 aromatic heterocycles. The Hall–Kier alpha value is -4.66. The molecule has 3 aromatic carbocycles. The summed E-state index contributed by atoms with van der Waals surface area (Å²) in [7, 11) is 0. The molecule has 0 bridgehead atoms. The number of primary amides is 1. The minimum Gasteiger partial charge on any atom is -0.456 e. The highest BCUT2D eigenvalue weighted by atomic mass is 16.6. The van der Waals surface area contributed by atoms with Gasteiger partial charge in [0.05, 0.1) is 11.6 Å². The number of nitrogens with one attached hydrogen (secondary N) is 2. The van der Waals surface area contributed by atoms with Crippen LogP contribution in [0.3, 0.4) is 0 Å². The molecule has 1 aliphatic rings. The zero-order chi connectivity index (χ0) is 30.3. The SMILES string of the molecule is CC(C)(C)OC(=O)c1ccc(CC(=O)[C@H](CCCNC(N)=O)NC(=O)OCC2c3ccccc3-c3ccccc32)cc1. The van der Waals surface area contributed by atoms with Gasteiger partial charge in [-0.3, -0.25) is 4.79 Å².